The number of para-hydroxylation sites is 1. The number of nitrogens with zero attached hydrogens (tertiary/aromatic N) is 4. The second-order valence-electron chi connectivity index (χ2n) is 9.91. The molecule has 6 rings (SSSR count). The van der Waals surface area contributed by atoms with E-state index in [0.717, 1.165) is 66.8 Å². The van der Waals surface area contributed by atoms with E-state index in [4.69, 9.17) is 0 Å². The van der Waals surface area contributed by atoms with Gasteiger partial charge in [0.2, 0.25) is 0 Å². The summed E-state index contributed by atoms with van der Waals surface area (Å²) in [5.41, 5.74) is 4.28. The molecule has 34 heavy (non-hydrogen) atoms. The normalized spacial score (nSPS) is 21.9. The molecule has 0 radical (unpaired) electrons. The number of hydrogen-bond acceptors (Lipinski definition) is 3. The lowest BCUT2D eigenvalue weighted by Crippen LogP contribution is -2.52. The number of amides is 2. The molecule has 7 nitrogen and oxygen atoms in total. The van der Waals surface area contributed by atoms with E-state index >= 15 is 0 Å². The van der Waals surface area contributed by atoms with E-state index < -0.39 is 0 Å². The highest BCUT2D eigenvalue weighted by Crippen LogP contribution is 2.48. The molecule has 1 aliphatic heterocycles. The van der Waals surface area contributed by atoms with Crippen molar-refractivity contribution < 1.29 is 9.59 Å². The summed E-state index contributed by atoms with van der Waals surface area (Å²) in [7, 11) is 0. The standard InChI is InChI=1S/C27H29N5O2/c1-3-31-22-9-5-4-8-19(22)13-23(31)25(33)28-20-14-27(15-20)11-12-30(17-27)26(34)21-16-32-18(2)7-6-10-24(32)29-21/h4-10,13,16,20H,3,11-12,14-15,17H2,1-2H3,(H,28,33). The molecule has 2 fully saturated rings. The molecule has 2 amide bonds. The summed E-state index contributed by atoms with van der Waals surface area (Å²) in [6.07, 6.45) is 4.65. The Labute approximate surface area is 198 Å². The quantitative estimate of drug-likeness (QED) is 0.505. The topological polar surface area (TPSA) is 71.6 Å². The van der Waals surface area contributed by atoms with Crippen LogP contribution in [-0.4, -0.2) is 49.8 Å². The molecule has 1 spiro atoms. The van der Waals surface area contributed by atoms with Crippen molar-refractivity contribution in [1.29, 1.82) is 0 Å². The van der Waals surface area contributed by atoms with Crippen molar-refractivity contribution in [2.24, 2.45) is 5.41 Å². The lowest BCUT2D eigenvalue weighted by Gasteiger charge is -2.45. The van der Waals surface area contributed by atoms with Crippen LogP contribution in [0.4, 0.5) is 0 Å². The molecule has 1 aromatic carbocycles. The number of hydrogen-bond donors (Lipinski definition) is 1. The van der Waals surface area contributed by atoms with Crippen molar-refractivity contribution in [3.8, 4) is 0 Å². The van der Waals surface area contributed by atoms with Gasteiger partial charge in [0.05, 0.1) is 0 Å². The van der Waals surface area contributed by atoms with Gasteiger partial charge in [-0.15, -0.1) is 0 Å². The van der Waals surface area contributed by atoms with E-state index in [0.29, 0.717) is 5.69 Å². The molecule has 1 N–H and O–H groups in total. The Morgan fingerprint density at radius 1 is 1.15 bits per heavy atom. The van der Waals surface area contributed by atoms with Crippen LogP contribution in [0.3, 0.4) is 0 Å². The van der Waals surface area contributed by atoms with Crippen LogP contribution in [0.15, 0.2) is 54.7 Å². The van der Waals surface area contributed by atoms with E-state index in [1.165, 1.54) is 0 Å². The Morgan fingerprint density at radius 3 is 2.76 bits per heavy atom. The fraction of sp³-hybridized carbons (Fsp3) is 0.370. The summed E-state index contributed by atoms with van der Waals surface area (Å²) in [6, 6.07) is 16.1. The molecular weight excluding hydrogens is 426 g/mol. The third-order valence-corrected chi connectivity index (χ3v) is 7.69. The van der Waals surface area contributed by atoms with Gasteiger partial charge in [0, 0.05) is 48.5 Å². The highest BCUT2D eigenvalue weighted by atomic mass is 16.2. The SMILES string of the molecule is CCn1c(C(=O)NC2CC3(CCN(C(=O)c4cn5c(C)cccc5n4)C3)C2)cc2ccccc21. The number of carbonyl (C=O) groups excluding carboxylic acids is 2. The molecule has 2 aliphatic rings. The first-order chi connectivity index (χ1) is 16.5. The predicted molar refractivity (Wildman–Crippen MR) is 131 cm³/mol. The van der Waals surface area contributed by atoms with Gasteiger partial charge >= 0.3 is 0 Å². The highest BCUT2D eigenvalue weighted by molar-refractivity contribution is 5.99. The monoisotopic (exact) mass is 455 g/mol. The van der Waals surface area contributed by atoms with Crippen molar-refractivity contribution in [1.82, 2.24) is 24.2 Å². The average Bonchev–Trinajstić information content (AvgIpc) is 3.53. The number of pyridine rings is 1. The summed E-state index contributed by atoms with van der Waals surface area (Å²) in [4.78, 5) is 32.7. The Kier molecular flexibility index (Phi) is 4.76. The molecule has 1 saturated carbocycles. The van der Waals surface area contributed by atoms with Crippen LogP contribution in [-0.2, 0) is 6.54 Å². The van der Waals surface area contributed by atoms with Gasteiger partial charge in [-0.05, 0) is 62.8 Å². The number of aromatic nitrogens is 3. The maximum absolute atomic E-state index is 13.1. The fourth-order valence-electron chi connectivity index (χ4n) is 5.94. The molecule has 7 heteroatoms. The molecule has 1 saturated heterocycles. The Balaban J connectivity index is 1.10. The lowest BCUT2D eigenvalue weighted by molar-refractivity contribution is 0.0604. The van der Waals surface area contributed by atoms with Gasteiger partial charge < -0.3 is 19.2 Å². The molecule has 174 valence electrons. The zero-order chi connectivity index (χ0) is 23.4. The van der Waals surface area contributed by atoms with Crippen LogP contribution in [0.25, 0.3) is 16.6 Å². The number of benzene rings is 1. The van der Waals surface area contributed by atoms with Gasteiger partial charge in [0.15, 0.2) is 0 Å². The Hall–Kier alpha value is -3.61. The Morgan fingerprint density at radius 2 is 1.97 bits per heavy atom. The summed E-state index contributed by atoms with van der Waals surface area (Å²) in [5, 5.41) is 4.33. The second-order valence-corrected chi connectivity index (χ2v) is 9.91. The lowest BCUT2D eigenvalue weighted by atomic mass is 9.65. The summed E-state index contributed by atoms with van der Waals surface area (Å²) >= 11 is 0. The van der Waals surface area contributed by atoms with E-state index in [2.05, 4.69) is 27.9 Å². The largest absolute Gasteiger partial charge is 0.348 e. The first kappa shape index (κ1) is 21.0. The zero-order valence-electron chi connectivity index (χ0n) is 19.6. The first-order valence-corrected chi connectivity index (χ1v) is 12.1. The fourth-order valence-corrected chi connectivity index (χ4v) is 5.94. The number of nitrogens with one attached hydrogen (secondary N) is 1. The molecule has 0 bridgehead atoms. The number of likely N-dealkylation sites (tertiary alicyclic amines) is 1. The number of fused-ring (bicyclic) bond motifs is 2. The van der Waals surface area contributed by atoms with Crippen LogP contribution in [0.2, 0.25) is 0 Å². The number of aryl methyl sites for hydroxylation is 2. The minimum atomic E-state index is -0.0103. The number of rotatable bonds is 4. The predicted octanol–water partition coefficient (Wildman–Crippen LogP) is 4.04. The van der Waals surface area contributed by atoms with Crippen molar-refractivity contribution >= 4 is 28.4 Å². The van der Waals surface area contributed by atoms with Gasteiger partial charge in [-0.1, -0.05) is 24.3 Å². The van der Waals surface area contributed by atoms with Crippen molar-refractivity contribution in [2.75, 3.05) is 13.1 Å². The van der Waals surface area contributed by atoms with Crippen molar-refractivity contribution in [3.63, 3.8) is 0 Å². The summed E-state index contributed by atoms with van der Waals surface area (Å²) in [5.74, 6) is -0.0103. The molecule has 4 aromatic rings. The first-order valence-electron chi connectivity index (χ1n) is 12.1. The molecule has 3 aromatic heterocycles. The molecular formula is C27H29N5O2. The maximum Gasteiger partial charge on any atom is 0.274 e. The van der Waals surface area contributed by atoms with E-state index in [-0.39, 0.29) is 23.3 Å². The van der Waals surface area contributed by atoms with Gasteiger partial charge in [-0.2, -0.15) is 0 Å². The van der Waals surface area contributed by atoms with Crippen LogP contribution < -0.4 is 5.32 Å². The minimum absolute atomic E-state index is 0.0000706. The summed E-state index contributed by atoms with van der Waals surface area (Å²) < 4.78 is 4.04. The summed E-state index contributed by atoms with van der Waals surface area (Å²) in [6.45, 7) is 6.31. The van der Waals surface area contributed by atoms with Crippen LogP contribution in [0.5, 0.6) is 0 Å². The van der Waals surface area contributed by atoms with E-state index in [9.17, 15) is 9.59 Å². The average molecular weight is 456 g/mol. The van der Waals surface area contributed by atoms with Crippen LogP contribution in [0, 0.1) is 12.3 Å². The van der Waals surface area contributed by atoms with Gasteiger partial charge in [-0.25, -0.2) is 4.98 Å². The minimum Gasteiger partial charge on any atom is -0.348 e. The third-order valence-electron chi connectivity index (χ3n) is 7.69. The highest BCUT2D eigenvalue weighted by Gasteiger charge is 2.50. The van der Waals surface area contributed by atoms with Crippen molar-refractivity contribution in [3.05, 3.63) is 71.8 Å². The third kappa shape index (κ3) is 3.30. The molecule has 4 heterocycles. The number of carbonyl (C=O) groups is 2. The van der Waals surface area contributed by atoms with Crippen molar-refractivity contribution in [2.45, 2.75) is 45.7 Å². The van der Waals surface area contributed by atoms with Gasteiger partial charge in [0.25, 0.3) is 11.8 Å². The van der Waals surface area contributed by atoms with Crippen LogP contribution >= 0.6 is 0 Å². The number of imidazole rings is 1. The smallest absolute Gasteiger partial charge is 0.274 e. The van der Waals surface area contributed by atoms with Gasteiger partial charge in [0.1, 0.15) is 17.0 Å². The van der Waals surface area contributed by atoms with E-state index in [1.54, 1.807) is 0 Å². The molecule has 0 unspecified atom stereocenters. The van der Waals surface area contributed by atoms with Gasteiger partial charge in [-0.3, -0.25) is 9.59 Å². The van der Waals surface area contributed by atoms with E-state index in [1.807, 2.05) is 64.9 Å². The molecule has 0 atom stereocenters. The second kappa shape index (κ2) is 7.72. The Bertz CT molecular complexity index is 1430. The maximum atomic E-state index is 13.1. The van der Waals surface area contributed by atoms with Crippen LogP contribution in [0.1, 0.15) is 52.9 Å². The molecule has 1 aliphatic carbocycles. The zero-order valence-corrected chi connectivity index (χ0v) is 19.6.